The number of ether oxygens (including phenoxy) is 1. The van der Waals surface area contributed by atoms with Crippen molar-refractivity contribution in [2.24, 2.45) is 5.92 Å². The number of hydrogen-bond acceptors (Lipinski definition) is 4. The van der Waals surface area contributed by atoms with E-state index in [9.17, 15) is 9.59 Å². The fraction of sp³-hybridized carbons (Fsp3) is 0.381. The molecule has 1 aromatic carbocycles. The average molecular weight is 367 g/mol. The van der Waals surface area contributed by atoms with E-state index in [1.54, 1.807) is 31.3 Å². The Kier molecular flexibility index (Phi) is 5.74. The first kappa shape index (κ1) is 18.9. The second-order valence-corrected chi connectivity index (χ2v) is 6.86. The Morgan fingerprint density at radius 3 is 2.74 bits per heavy atom. The van der Waals surface area contributed by atoms with Gasteiger partial charge in [-0.05, 0) is 30.7 Å². The van der Waals surface area contributed by atoms with E-state index in [-0.39, 0.29) is 17.7 Å². The van der Waals surface area contributed by atoms with Crippen LogP contribution in [0.2, 0.25) is 0 Å². The van der Waals surface area contributed by atoms with Crippen LogP contribution in [0.25, 0.3) is 11.1 Å². The predicted octanol–water partition coefficient (Wildman–Crippen LogP) is 2.70. The monoisotopic (exact) mass is 367 g/mol. The molecule has 2 heterocycles. The molecule has 6 heteroatoms. The molecule has 0 aliphatic carbocycles. The van der Waals surface area contributed by atoms with E-state index in [0.717, 1.165) is 24.2 Å². The van der Waals surface area contributed by atoms with Gasteiger partial charge in [0.15, 0.2) is 0 Å². The molecule has 27 heavy (non-hydrogen) atoms. The number of hydrogen-bond donors (Lipinski definition) is 0. The van der Waals surface area contributed by atoms with Gasteiger partial charge in [-0.3, -0.25) is 9.59 Å². The van der Waals surface area contributed by atoms with Crippen LogP contribution in [0.4, 0.5) is 0 Å². The second kappa shape index (κ2) is 8.20. The zero-order valence-corrected chi connectivity index (χ0v) is 16.0. The van der Waals surface area contributed by atoms with Crippen LogP contribution in [0.3, 0.4) is 0 Å². The molecule has 0 unspecified atom stereocenters. The number of pyridine rings is 1. The highest BCUT2D eigenvalue weighted by Gasteiger charge is 2.30. The standard InChI is InChI=1S/C21H25N3O3/c1-4-24-14-15(10-20(24)25)13-23(2)21(26)17-7-5-6-16(11-17)18-8-9-19(27-3)22-12-18/h5-9,11-12,15H,4,10,13-14H2,1-3H3/t15-/m0/s1. The molecule has 6 nitrogen and oxygen atoms in total. The number of methoxy groups -OCH3 is 1. The number of likely N-dealkylation sites (tertiary alicyclic amines) is 1. The van der Waals surface area contributed by atoms with Crippen molar-refractivity contribution in [2.75, 3.05) is 33.8 Å². The molecule has 0 N–H and O–H groups in total. The van der Waals surface area contributed by atoms with Crippen LogP contribution < -0.4 is 4.74 Å². The van der Waals surface area contributed by atoms with Gasteiger partial charge in [0.25, 0.3) is 5.91 Å². The Hall–Kier alpha value is -2.89. The molecule has 0 saturated carbocycles. The van der Waals surface area contributed by atoms with Gasteiger partial charge < -0.3 is 14.5 Å². The maximum Gasteiger partial charge on any atom is 0.253 e. The second-order valence-electron chi connectivity index (χ2n) is 6.86. The maximum absolute atomic E-state index is 12.8. The van der Waals surface area contributed by atoms with Gasteiger partial charge in [0.1, 0.15) is 0 Å². The van der Waals surface area contributed by atoms with Crippen molar-refractivity contribution in [1.82, 2.24) is 14.8 Å². The van der Waals surface area contributed by atoms with E-state index in [0.29, 0.717) is 24.4 Å². The highest BCUT2D eigenvalue weighted by atomic mass is 16.5. The summed E-state index contributed by atoms with van der Waals surface area (Å²) in [6, 6.07) is 11.2. The Bertz CT molecular complexity index is 820. The molecule has 2 amide bonds. The number of benzene rings is 1. The number of amides is 2. The van der Waals surface area contributed by atoms with Crippen LogP contribution in [0, 0.1) is 5.92 Å². The van der Waals surface area contributed by atoms with E-state index in [1.165, 1.54) is 0 Å². The molecule has 1 fully saturated rings. The first-order chi connectivity index (χ1) is 13.0. The quantitative estimate of drug-likeness (QED) is 0.788. The maximum atomic E-state index is 12.8. The molecule has 1 aliphatic heterocycles. The highest BCUT2D eigenvalue weighted by molar-refractivity contribution is 5.95. The van der Waals surface area contributed by atoms with E-state index >= 15 is 0 Å². The van der Waals surface area contributed by atoms with Gasteiger partial charge >= 0.3 is 0 Å². The fourth-order valence-electron chi connectivity index (χ4n) is 3.48. The molecule has 0 bridgehead atoms. The normalized spacial score (nSPS) is 16.5. The first-order valence-corrected chi connectivity index (χ1v) is 9.15. The lowest BCUT2D eigenvalue weighted by Crippen LogP contribution is -2.33. The minimum Gasteiger partial charge on any atom is -0.481 e. The lowest BCUT2D eigenvalue weighted by atomic mass is 10.0. The molecular weight excluding hydrogens is 342 g/mol. The zero-order chi connectivity index (χ0) is 19.4. The molecule has 2 aromatic rings. The Morgan fingerprint density at radius 2 is 2.11 bits per heavy atom. The van der Waals surface area contributed by atoms with Gasteiger partial charge in [-0.25, -0.2) is 4.98 Å². The number of rotatable bonds is 6. The van der Waals surface area contributed by atoms with Crippen molar-refractivity contribution in [3.8, 4) is 17.0 Å². The summed E-state index contributed by atoms with van der Waals surface area (Å²) < 4.78 is 5.09. The van der Waals surface area contributed by atoms with E-state index in [4.69, 9.17) is 4.74 Å². The minimum absolute atomic E-state index is 0.0410. The molecule has 0 spiro atoms. The Morgan fingerprint density at radius 1 is 1.30 bits per heavy atom. The third-order valence-electron chi connectivity index (χ3n) is 4.94. The summed E-state index contributed by atoms with van der Waals surface area (Å²) in [5.74, 6) is 0.886. The van der Waals surface area contributed by atoms with Crippen molar-refractivity contribution < 1.29 is 14.3 Å². The van der Waals surface area contributed by atoms with Gasteiger partial charge in [0.2, 0.25) is 11.8 Å². The van der Waals surface area contributed by atoms with E-state index in [2.05, 4.69) is 4.98 Å². The van der Waals surface area contributed by atoms with Crippen molar-refractivity contribution >= 4 is 11.8 Å². The molecule has 1 saturated heterocycles. The smallest absolute Gasteiger partial charge is 0.253 e. The summed E-state index contributed by atoms with van der Waals surface area (Å²) >= 11 is 0. The topological polar surface area (TPSA) is 62.7 Å². The SMILES string of the molecule is CCN1C[C@H](CN(C)C(=O)c2cccc(-c3ccc(OC)nc3)c2)CC1=O. The van der Waals surface area contributed by atoms with Crippen LogP contribution in [0.15, 0.2) is 42.6 Å². The van der Waals surface area contributed by atoms with Crippen molar-refractivity contribution in [3.63, 3.8) is 0 Å². The lowest BCUT2D eigenvalue weighted by molar-refractivity contribution is -0.127. The molecule has 142 valence electrons. The third kappa shape index (κ3) is 4.27. The van der Waals surface area contributed by atoms with Gasteiger partial charge in [-0.15, -0.1) is 0 Å². The van der Waals surface area contributed by atoms with Crippen molar-refractivity contribution in [2.45, 2.75) is 13.3 Å². The third-order valence-corrected chi connectivity index (χ3v) is 4.94. The number of carbonyl (C=O) groups is 2. The van der Waals surface area contributed by atoms with Crippen molar-refractivity contribution in [1.29, 1.82) is 0 Å². The highest BCUT2D eigenvalue weighted by Crippen LogP contribution is 2.23. The minimum atomic E-state index is -0.0410. The summed E-state index contributed by atoms with van der Waals surface area (Å²) in [6.45, 7) is 4.01. The molecule has 0 radical (unpaired) electrons. The predicted molar refractivity (Wildman–Crippen MR) is 104 cm³/mol. The van der Waals surface area contributed by atoms with E-state index in [1.807, 2.05) is 42.2 Å². The Labute approximate surface area is 159 Å². The van der Waals surface area contributed by atoms with Crippen LogP contribution in [-0.2, 0) is 4.79 Å². The Balaban J connectivity index is 1.70. The summed E-state index contributed by atoms with van der Waals surface area (Å²) in [5, 5.41) is 0. The summed E-state index contributed by atoms with van der Waals surface area (Å²) in [5.41, 5.74) is 2.48. The van der Waals surface area contributed by atoms with Crippen molar-refractivity contribution in [3.05, 3.63) is 48.2 Å². The summed E-state index contributed by atoms with van der Waals surface area (Å²) in [7, 11) is 3.37. The molecule has 3 rings (SSSR count). The fourth-order valence-corrected chi connectivity index (χ4v) is 3.48. The number of carbonyl (C=O) groups excluding carboxylic acids is 2. The zero-order valence-electron chi connectivity index (χ0n) is 16.0. The molecule has 1 atom stereocenters. The summed E-state index contributed by atoms with van der Waals surface area (Å²) in [4.78, 5) is 32.5. The first-order valence-electron chi connectivity index (χ1n) is 9.15. The van der Waals surface area contributed by atoms with Crippen LogP contribution in [0.5, 0.6) is 5.88 Å². The van der Waals surface area contributed by atoms with Crippen LogP contribution in [-0.4, -0.2) is 60.4 Å². The van der Waals surface area contributed by atoms with Gasteiger partial charge in [0, 0.05) is 62.4 Å². The van der Waals surface area contributed by atoms with E-state index < -0.39 is 0 Å². The van der Waals surface area contributed by atoms with Gasteiger partial charge in [-0.2, -0.15) is 0 Å². The van der Waals surface area contributed by atoms with Crippen LogP contribution in [0.1, 0.15) is 23.7 Å². The van der Waals surface area contributed by atoms with Crippen LogP contribution >= 0.6 is 0 Å². The number of aromatic nitrogens is 1. The lowest BCUT2D eigenvalue weighted by Gasteiger charge is -2.21. The average Bonchev–Trinajstić information content (AvgIpc) is 3.06. The van der Waals surface area contributed by atoms with Gasteiger partial charge in [-0.1, -0.05) is 12.1 Å². The van der Waals surface area contributed by atoms with Gasteiger partial charge in [0.05, 0.1) is 7.11 Å². The molecule has 1 aromatic heterocycles. The largest absolute Gasteiger partial charge is 0.481 e. The molecular formula is C21H25N3O3. The number of nitrogens with zero attached hydrogens (tertiary/aromatic N) is 3. The molecule has 1 aliphatic rings. The summed E-state index contributed by atoms with van der Waals surface area (Å²) in [6.07, 6.45) is 2.25.